The van der Waals surface area contributed by atoms with Crippen molar-refractivity contribution in [3.05, 3.63) is 0 Å². The van der Waals surface area contributed by atoms with E-state index in [-0.39, 0.29) is 0 Å². The van der Waals surface area contributed by atoms with E-state index < -0.39 is 0 Å². The van der Waals surface area contributed by atoms with E-state index in [1.165, 1.54) is 70.6 Å². The van der Waals surface area contributed by atoms with Crippen molar-refractivity contribution in [3.8, 4) is 0 Å². The van der Waals surface area contributed by atoms with Crippen LogP contribution >= 0.6 is 0 Å². The van der Waals surface area contributed by atoms with Crippen LogP contribution in [0.25, 0.3) is 0 Å². The maximum atomic E-state index is 6.26. The van der Waals surface area contributed by atoms with Crippen LogP contribution in [-0.2, 0) is 0 Å². The minimum atomic E-state index is 0.506. The quantitative estimate of drug-likeness (QED) is 0.411. The van der Waals surface area contributed by atoms with Crippen LogP contribution in [-0.4, -0.2) is 7.85 Å². The van der Waals surface area contributed by atoms with Crippen LogP contribution in [0.3, 0.4) is 0 Å². The van der Waals surface area contributed by atoms with Crippen LogP contribution in [0.15, 0.2) is 0 Å². The Morgan fingerprint density at radius 2 is 1.67 bits per heavy atom. The Morgan fingerprint density at radius 3 is 2.33 bits per heavy atom. The predicted molar refractivity (Wildman–Crippen MR) is 69.5 cm³/mol. The van der Waals surface area contributed by atoms with Crippen molar-refractivity contribution < 1.29 is 0 Å². The van der Waals surface area contributed by atoms with Crippen molar-refractivity contribution >= 4 is 7.85 Å². The van der Waals surface area contributed by atoms with E-state index in [9.17, 15) is 0 Å². The molecule has 0 N–H and O–H groups in total. The molecule has 86 valence electrons. The molecule has 1 rings (SSSR count). The summed E-state index contributed by atoms with van der Waals surface area (Å²) < 4.78 is 0. The normalized spacial score (nSPS) is 20.3. The lowest BCUT2D eigenvalue weighted by atomic mass is 9.68. The molecule has 1 unspecified atom stereocenters. The fourth-order valence-electron chi connectivity index (χ4n) is 2.78. The van der Waals surface area contributed by atoms with Gasteiger partial charge in [0.25, 0.3) is 0 Å². The van der Waals surface area contributed by atoms with E-state index in [1.807, 2.05) is 0 Å². The Bertz CT molecular complexity index is 138. The van der Waals surface area contributed by atoms with Gasteiger partial charge < -0.3 is 0 Å². The first kappa shape index (κ1) is 13.1. The second kappa shape index (κ2) is 8.24. The van der Waals surface area contributed by atoms with Gasteiger partial charge in [0.1, 0.15) is 0 Å². The van der Waals surface area contributed by atoms with Gasteiger partial charge in [-0.3, -0.25) is 0 Å². The van der Waals surface area contributed by atoms with E-state index in [0.717, 1.165) is 5.92 Å². The smallest absolute Gasteiger partial charge is 0.0703 e. The number of hydrogen-bond donors (Lipinski definition) is 0. The highest BCUT2D eigenvalue weighted by atomic mass is 14.2. The fraction of sp³-hybridized carbons (Fsp3) is 1.00. The van der Waals surface area contributed by atoms with Gasteiger partial charge in [-0.2, -0.15) is 0 Å². The summed E-state index contributed by atoms with van der Waals surface area (Å²) in [5.41, 5.74) is 0. The van der Waals surface area contributed by atoms with Crippen LogP contribution in [0, 0.1) is 5.92 Å². The van der Waals surface area contributed by atoms with Crippen molar-refractivity contribution in [2.24, 2.45) is 5.92 Å². The van der Waals surface area contributed by atoms with E-state index in [0.29, 0.717) is 5.82 Å². The molecule has 15 heavy (non-hydrogen) atoms. The van der Waals surface area contributed by atoms with Crippen molar-refractivity contribution in [2.45, 2.75) is 83.4 Å². The second-order valence-corrected chi connectivity index (χ2v) is 5.26. The van der Waals surface area contributed by atoms with E-state index >= 15 is 0 Å². The highest BCUT2D eigenvalue weighted by Crippen LogP contribution is 2.34. The molecule has 1 aliphatic rings. The molecule has 1 heteroatoms. The number of rotatable bonds is 7. The lowest BCUT2D eigenvalue weighted by Crippen LogP contribution is -2.13. The standard InChI is InChI=1S/C14H27B/c1-2-3-4-5-9-12-14(15)13-10-7-6-8-11-13/h13-14H,2-12H2,1H3. The Hall–Kier alpha value is 0.0649. The molecule has 1 atom stereocenters. The zero-order chi connectivity index (χ0) is 10.9. The third kappa shape index (κ3) is 5.63. The van der Waals surface area contributed by atoms with Crippen molar-refractivity contribution in [1.82, 2.24) is 0 Å². The molecule has 0 amide bonds. The Labute approximate surface area is 97.6 Å². The zero-order valence-corrected chi connectivity index (χ0v) is 10.5. The van der Waals surface area contributed by atoms with Gasteiger partial charge >= 0.3 is 0 Å². The first-order chi connectivity index (χ1) is 7.34. The maximum Gasteiger partial charge on any atom is 0.0703 e. The van der Waals surface area contributed by atoms with Crippen molar-refractivity contribution in [3.63, 3.8) is 0 Å². The van der Waals surface area contributed by atoms with Gasteiger partial charge in [0.2, 0.25) is 0 Å². The fourth-order valence-corrected chi connectivity index (χ4v) is 2.78. The van der Waals surface area contributed by atoms with Crippen LogP contribution in [0.1, 0.15) is 77.6 Å². The monoisotopic (exact) mass is 206 g/mol. The molecule has 0 spiro atoms. The minimum Gasteiger partial charge on any atom is -0.0746 e. The third-order valence-corrected chi connectivity index (χ3v) is 3.90. The highest BCUT2D eigenvalue weighted by Gasteiger charge is 2.18. The Kier molecular flexibility index (Phi) is 7.22. The van der Waals surface area contributed by atoms with Gasteiger partial charge in [0.05, 0.1) is 7.85 Å². The largest absolute Gasteiger partial charge is 0.0746 e. The molecule has 0 aromatic carbocycles. The van der Waals surface area contributed by atoms with Gasteiger partial charge in [0, 0.05) is 0 Å². The first-order valence-electron chi connectivity index (χ1n) is 7.10. The average molecular weight is 206 g/mol. The lowest BCUT2D eigenvalue weighted by molar-refractivity contribution is 0.328. The summed E-state index contributed by atoms with van der Waals surface area (Å²) >= 11 is 0. The molecular weight excluding hydrogens is 179 g/mol. The summed E-state index contributed by atoms with van der Waals surface area (Å²) in [6, 6.07) is 0. The minimum absolute atomic E-state index is 0.506. The molecule has 1 fully saturated rings. The molecule has 0 aromatic heterocycles. The van der Waals surface area contributed by atoms with Crippen LogP contribution in [0.4, 0.5) is 0 Å². The first-order valence-corrected chi connectivity index (χ1v) is 7.10. The van der Waals surface area contributed by atoms with Crippen molar-refractivity contribution in [1.29, 1.82) is 0 Å². The summed E-state index contributed by atoms with van der Waals surface area (Å²) in [7, 11) is 6.26. The summed E-state index contributed by atoms with van der Waals surface area (Å²) in [6.07, 6.45) is 15.3. The molecule has 0 nitrogen and oxygen atoms in total. The third-order valence-electron chi connectivity index (χ3n) is 3.90. The number of unbranched alkanes of at least 4 members (excludes halogenated alkanes) is 4. The molecule has 1 aliphatic carbocycles. The molecule has 2 radical (unpaired) electrons. The molecule has 0 saturated heterocycles. The Balaban J connectivity index is 1.99. The van der Waals surface area contributed by atoms with Crippen molar-refractivity contribution in [2.75, 3.05) is 0 Å². The topological polar surface area (TPSA) is 0 Å². The Morgan fingerprint density at radius 1 is 1.00 bits per heavy atom. The summed E-state index contributed by atoms with van der Waals surface area (Å²) in [5.74, 6) is 1.36. The predicted octanol–water partition coefficient (Wildman–Crippen LogP) is 4.88. The maximum absolute atomic E-state index is 6.26. The second-order valence-electron chi connectivity index (χ2n) is 5.26. The number of hydrogen-bond acceptors (Lipinski definition) is 0. The molecule has 0 aromatic rings. The van der Waals surface area contributed by atoms with Gasteiger partial charge in [0.15, 0.2) is 0 Å². The molecule has 0 heterocycles. The van der Waals surface area contributed by atoms with Gasteiger partial charge in [-0.25, -0.2) is 0 Å². The average Bonchev–Trinajstić information content (AvgIpc) is 2.30. The van der Waals surface area contributed by atoms with Gasteiger partial charge in [-0.15, -0.1) is 0 Å². The van der Waals surface area contributed by atoms with Crippen LogP contribution in [0.5, 0.6) is 0 Å². The molecular formula is C14H27B. The summed E-state index contributed by atoms with van der Waals surface area (Å²) in [6.45, 7) is 2.27. The zero-order valence-electron chi connectivity index (χ0n) is 10.5. The molecule has 0 bridgehead atoms. The van der Waals surface area contributed by atoms with E-state index in [4.69, 9.17) is 7.85 Å². The van der Waals surface area contributed by atoms with Gasteiger partial charge in [-0.05, 0) is 5.92 Å². The summed E-state index contributed by atoms with van der Waals surface area (Å²) in [4.78, 5) is 0. The van der Waals surface area contributed by atoms with E-state index in [2.05, 4.69) is 6.92 Å². The van der Waals surface area contributed by atoms with Crippen LogP contribution in [0.2, 0.25) is 5.82 Å². The summed E-state index contributed by atoms with van der Waals surface area (Å²) in [5, 5.41) is 0. The SMILES string of the molecule is [B]C(CCCCCCC)C1CCCCC1. The lowest BCUT2D eigenvalue weighted by Gasteiger charge is -2.28. The molecule has 0 aliphatic heterocycles. The van der Waals surface area contributed by atoms with E-state index in [1.54, 1.807) is 0 Å². The van der Waals surface area contributed by atoms with Gasteiger partial charge in [-0.1, -0.05) is 83.4 Å². The molecule has 1 saturated carbocycles. The van der Waals surface area contributed by atoms with Crippen LogP contribution < -0.4 is 0 Å². The highest BCUT2D eigenvalue weighted by molar-refractivity contribution is 6.11.